The van der Waals surface area contributed by atoms with Crippen molar-refractivity contribution in [1.82, 2.24) is 28.8 Å². The smallest absolute Gasteiger partial charge is 0.336 e. The van der Waals surface area contributed by atoms with Gasteiger partial charge in [0.2, 0.25) is 5.91 Å². The van der Waals surface area contributed by atoms with Gasteiger partial charge >= 0.3 is 5.69 Å². The zero-order valence-corrected chi connectivity index (χ0v) is 30.8. The Bertz CT molecular complexity index is 2140. The molecule has 1 atom stereocenters. The third-order valence-corrected chi connectivity index (χ3v) is 9.16. The molecule has 0 saturated carbocycles. The number of anilines is 2. The van der Waals surface area contributed by atoms with Crippen molar-refractivity contribution in [3.63, 3.8) is 0 Å². The van der Waals surface area contributed by atoms with Crippen LogP contribution in [0.25, 0.3) is 5.69 Å². The standard InChI is InChI=1S/C37H43N8O5P/c1-24-7-10-26(11-8-24)45-35(48)28(22-43(36(45)49)23-32(46)41(4)5)34(47)40-25-9-12-30(31(51)21-25)50-29-14-16-39-33(38)27(29)13-15-37(2,3)44-19-17-42(6)18-20-44/h7-12,14,16,21-22H,17-20,23,51H2,1-6H3,(H2,38,39)(H,40,47). The quantitative estimate of drug-likeness (QED) is 0.208. The van der Waals surface area contributed by atoms with Crippen molar-refractivity contribution >= 4 is 37.9 Å². The second-order valence-electron chi connectivity index (χ2n) is 13.2. The van der Waals surface area contributed by atoms with E-state index in [1.165, 1.54) is 4.90 Å². The Kier molecular flexibility index (Phi) is 11.1. The maximum Gasteiger partial charge on any atom is 0.336 e. The third kappa shape index (κ3) is 8.55. The summed E-state index contributed by atoms with van der Waals surface area (Å²) in [4.78, 5) is 63.4. The predicted octanol–water partition coefficient (Wildman–Crippen LogP) is 2.30. The molecule has 1 unspecified atom stereocenters. The monoisotopic (exact) mass is 710 g/mol. The Balaban J connectivity index is 1.41. The number of rotatable bonds is 8. The first kappa shape index (κ1) is 37.0. The molecule has 0 bridgehead atoms. The summed E-state index contributed by atoms with van der Waals surface area (Å²) in [6, 6.07) is 13.4. The molecule has 266 valence electrons. The van der Waals surface area contributed by atoms with Crippen LogP contribution in [0.1, 0.15) is 35.3 Å². The van der Waals surface area contributed by atoms with Gasteiger partial charge in [0.1, 0.15) is 35.0 Å². The number of nitrogens with zero attached hydrogens (tertiary/aromatic N) is 6. The summed E-state index contributed by atoms with van der Waals surface area (Å²) in [6.45, 7) is 9.44. The van der Waals surface area contributed by atoms with Crippen molar-refractivity contribution in [2.45, 2.75) is 32.9 Å². The van der Waals surface area contributed by atoms with E-state index < -0.39 is 22.7 Å². The Morgan fingerprint density at radius 2 is 1.73 bits per heavy atom. The Hall–Kier alpha value is -5.28. The van der Waals surface area contributed by atoms with Crippen LogP contribution in [0.15, 0.2) is 70.5 Å². The number of nitrogen functional groups attached to an aromatic ring is 1. The molecular formula is C37H43N8O5P. The summed E-state index contributed by atoms with van der Waals surface area (Å²) in [5.74, 6) is 6.57. The second kappa shape index (κ2) is 15.3. The lowest BCUT2D eigenvalue weighted by atomic mass is 10.0. The molecule has 1 saturated heterocycles. The molecule has 1 aliphatic heterocycles. The van der Waals surface area contributed by atoms with Crippen LogP contribution in [-0.2, 0) is 11.3 Å². The second-order valence-corrected chi connectivity index (χ2v) is 13.8. The molecule has 0 spiro atoms. The predicted molar refractivity (Wildman–Crippen MR) is 202 cm³/mol. The van der Waals surface area contributed by atoms with E-state index in [-0.39, 0.29) is 29.5 Å². The van der Waals surface area contributed by atoms with Gasteiger partial charge in [0.15, 0.2) is 0 Å². The summed E-state index contributed by atoms with van der Waals surface area (Å²) >= 11 is 0. The number of piperazine rings is 1. The van der Waals surface area contributed by atoms with Crippen molar-refractivity contribution in [3.05, 3.63) is 98.5 Å². The maximum absolute atomic E-state index is 13.6. The van der Waals surface area contributed by atoms with E-state index in [0.717, 1.165) is 47.1 Å². The average molecular weight is 711 g/mol. The molecule has 14 heteroatoms. The summed E-state index contributed by atoms with van der Waals surface area (Å²) in [6.07, 6.45) is 2.67. The minimum absolute atomic E-state index is 0.244. The maximum atomic E-state index is 13.6. The number of pyridine rings is 1. The molecule has 0 aliphatic carbocycles. The molecule has 1 aliphatic rings. The highest BCUT2D eigenvalue weighted by Gasteiger charge is 2.27. The lowest BCUT2D eigenvalue weighted by Gasteiger charge is -2.40. The van der Waals surface area contributed by atoms with Crippen molar-refractivity contribution in [2.75, 3.05) is 58.4 Å². The highest BCUT2D eigenvalue weighted by Crippen LogP contribution is 2.29. The van der Waals surface area contributed by atoms with Crippen LogP contribution in [-0.4, -0.2) is 93.5 Å². The molecule has 13 nitrogen and oxygen atoms in total. The summed E-state index contributed by atoms with van der Waals surface area (Å²) in [5.41, 5.74) is 6.01. The molecule has 3 N–H and O–H groups in total. The fourth-order valence-corrected chi connectivity index (χ4v) is 5.78. The number of carbonyl (C=O) groups is 2. The first-order valence-electron chi connectivity index (χ1n) is 16.4. The SMILES string of the molecule is Cc1ccc(-n2c(=O)c(C(=O)Nc3ccc(Oc4ccnc(N)c4C#CC(C)(C)N4CCN(C)CC4)c(P)c3)cn(CC(=O)N(C)C)c2=O)cc1. The first-order valence-corrected chi connectivity index (χ1v) is 17.0. The van der Waals surface area contributed by atoms with Gasteiger partial charge in [-0.15, -0.1) is 9.24 Å². The van der Waals surface area contributed by atoms with Crippen LogP contribution >= 0.6 is 9.24 Å². The third-order valence-electron chi connectivity index (χ3n) is 8.71. The highest BCUT2D eigenvalue weighted by molar-refractivity contribution is 7.27. The van der Waals surface area contributed by atoms with Gasteiger partial charge < -0.3 is 25.6 Å². The molecule has 1 fully saturated rings. The van der Waals surface area contributed by atoms with Crippen LogP contribution in [0.2, 0.25) is 0 Å². The molecule has 2 aromatic carbocycles. The minimum atomic E-state index is -0.819. The fourth-order valence-electron chi connectivity index (χ4n) is 5.45. The summed E-state index contributed by atoms with van der Waals surface area (Å²) < 4.78 is 8.21. The Morgan fingerprint density at radius 3 is 2.37 bits per heavy atom. The Labute approximate surface area is 299 Å². The molecule has 2 amide bonds. The zero-order valence-electron chi connectivity index (χ0n) is 29.7. The number of hydrogen-bond acceptors (Lipinski definition) is 9. The van der Waals surface area contributed by atoms with E-state index >= 15 is 0 Å². The molecule has 2 aromatic heterocycles. The molecular weight excluding hydrogens is 667 g/mol. The van der Waals surface area contributed by atoms with E-state index in [1.54, 1.807) is 68.8 Å². The van der Waals surface area contributed by atoms with Crippen LogP contribution in [0, 0.1) is 18.8 Å². The molecule has 3 heterocycles. The normalized spacial score (nSPS) is 13.6. The van der Waals surface area contributed by atoms with Crippen molar-refractivity contribution in [3.8, 4) is 29.0 Å². The largest absolute Gasteiger partial charge is 0.455 e. The number of carbonyl (C=O) groups excluding carboxylic acids is 2. The number of aromatic nitrogens is 3. The number of hydrogen-bond donors (Lipinski definition) is 2. The van der Waals surface area contributed by atoms with Gasteiger partial charge in [-0.05, 0) is 58.2 Å². The number of amides is 2. The first-order chi connectivity index (χ1) is 24.1. The van der Waals surface area contributed by atoms with E-state index in [1.807, 2.05) is 6.92 Å². The van der Waals surface area contributed by atoms with Crippen molar-refractivity contribution in [1.29, 1.82) is 0 Å². The number of nitrogens with two attached hydrogens (primary N) is 1. The van der Waals surface area contributed by atoms with Gasteiger partial charge in [-0.25, -0.2) is 14.3 Å². The minimum Gasteiger partial charge on any atom is -0.455 e. The van der Waals surface area contributed by atoms with Gasteiger partial charge in [-0.1, -0.05) is 29.5 Å². The van der Waals surface area contributed by atoms with E-state index in [4.69, 9.17) is 10.5 Å². The lowest BCUT2D eigenvalue weighted by molar-refractivity contribution is -0.129. The summed E-state index contributed by atoms with van der Waals surface area (Å²) in [5, 5.41) is 3.34. The zero-order chi connectivity index (χ0) is 37.0. The molecule has 4 aromatic rings. The molecule has 51 heavy (non-hydrogen) atoms. The van der Waals surface area contributed by atoms with Crippen LogP contribution < -0.4 is 32.3 Å². The van der Waals surface area contributed by atoms with Gasteiger partial charge in [0.05, 0.1) is 11.2 Å². The van der Waals surface area contributed by atoms with E-state index in [2.05, 4.69) is 62.1 Å². The lowest BCUT2D eigenvalue weighted by Crippen LogP contribution is -2.53. The highest BCUT2D eigenvalue weighted by atomic mass is 31.0. The molecule has 0 radical (unpaired) electrons. The number of likely N-dealkylation sites (N-methyl/N-ethyl adjacent to an activating group) is 2. The average Bonchev–Trinajstić information content (AvgIpc) is 3.07. The number of ether oxygens (including phenoxy) is 1. The topological polar surface area (TPSA) is 148 Å². The summed E-state index contributed by atoms with van der Waals surface area (Å²) in [7, 11) is 7.79. The van der Waals surface area contributed by atoms with E-state index in [0.29, 0.717) is 28.1 Å². The van der Waals surface area contributed by atoms with Crippen LogP contribution in [0.5, 0.6) is 11.5 Å². The fraction of sp³-hybridized carbons (Fsp3) is 0.324. The van der Waals surface area contributed by atoms with Gasteiger partial charge in [-0.3, -0.25) is 23.9 Å². The van der Waals surface area contributed by atoms with Crippen LogP contribution in [0.3, 0.4) is 0 Å². The Morgan fingerprint density at radius 1 is 1.04 bits per heavy atom. The number of benzene rings is 2. The van der Waals surface area contributed by atoms with Gasteiger partial charge in [-0.2, -0.15) is 0 Å². The van der Waals surface area contributed by atoms with Gasteiger partial charge in [0, 0.05) is 69.7 Å². The van der Waals surface area contributed by atoms with Crippen molar-refractivity contribution < 1.29 is 14.3 Å². The number of nitrogens with one attached hydrogen (secondary N) is 1. The van der Waals surface area contributed by atoms with Crippen LogP contribution in [0.4, 0.5) is 11.5 Å². The number of aryl methyl sites for hydroxylation is 1. The van der Waals surface area contributed by atoms with Gasteiger partial charge in [0.25, 0.3) is 11.5 Å². The molecule has 5 rings (SSSR count). The van der Waals surface area contributed by atoms with E-state index in [9.17, 15) is 19.2 Å². The van der Waals surface area contributed by atoms with Crippen molar-refractivity contribution in [2.24, 2.45) is 0 Å².